The lowest BCUT2D eigenvalue weighted by molar-refractivity contribution is 0.572. The quantitative estimate of drug-likeness (QED) is 0.856. The van der Waals surface area contributed by atoms with Crippen molar-refractivity contribution in [1.29, 1.82) is 0 Å². The van der Waals surface area contributed by atoms with E-state index in [4.69, 9.17) is 0 Å². The van der Waals surface area contributed by atoms with Crippen LogP contribution in [-0.2, 0) is 6.54 Å². The molecule has 94 valence electrons. The maximum Gasteiger partial charge on any atom is 0.126 e. The van der Waals surface area contributed by atoms with Crippen LogP contribution in [0.3, 0.4) is 0 Å². The molecule has 2 heteroatoms. The minimum atomic E-state index is -0.144. The summed E-state index contributed by atoms with van der Waals surface area (Å²) < 4.78 is 13.1. The van der Waals surface area contributed by atoms with Crippen LogP contribution in [0.1, 0.15) is 29.7 Å². The molecule has 0 radical (unpaired) electrons. The van der Waals surface area contributed by atoms with Gasteiger partial charge >= 0.3 is 0 Å². The number of rotatable bonds is 4. The highest BCUT2D eigenvalue weighted by atomic mass is 19.1. The molecule has 0 fully saturated rings. The third-order valence-corrected chi connectivity index (χ3v) is 3.13. The Kier molecular flexibility index (Phi) is 4.11. The lowest BCUT2D eigenvalue weighted by Gasteiger charge is -2.14. The van der Waals surface area contributed by atoms with E-state index in [9.17, 15) is 4.39 Å². The van der Waals surface area contributed by atoms with E-state index in [-0.39, 0.29) is 11.9 Å². The normalized spacial score (nSPS) is 12.4. The first-order valence-electron chi connectivity index (χ1n) is 6.20. The summed E-state index contributed by atoms with van der Waals surface area (Å²) >= 11 is 0. The molecule has 2 aromatic carbocycles. The second kappa shape index (κ2) is 5.78. The van der Waals surface area contributed by atoms with Gasteiger partial charge in [0, 0.05) is 12.6 Å². The second-order valence-electron chi connectivity index (χ2n) is 4.60. The maximum atomic E-state index is 13.1. The van der Waals surface area contributed by atoms with Crippen LogP contribution < -0.4 is 5.32 Å². The Morgan fingerprint density at radius 3 is 2.50 bits per heavy atom. The highest BCUT2D eigenvalue weighted by Crippen LogP contribution is 2.13. The van der Waals surface area contributed by atoms with Crippen molar-refractivity contribution in [3.8, 4) is 0 Å². The van der Waals surface area contributed by atoms with Crippen LogP contribution in [0.2, 0.25) is 0 Å². The number of hydrogen-bond donors (Lipinski definition) is 1. The third kappa shape index (κ3) is 3.17. The van der Waals surface area contributed by atoms with Gasteiger partial charge in [0.1, 0.15) is 5.82 Å². The van der Waals surface area contributed by atoms with Gasteiger partial charge in [-0.05, 0) is 36.6 Å². The summed E-state index contributed by atoms with van der Waals surface area (Å²) in [6.45, 7) is 4.67. The summed E-state index contributed by atoms with van der Waals surface area (Å²) in [4.78, 5) is 0. The standard InChI is InChI=1S/C16H18FN/c1-12-10-14(8-9-16(12)17)11-18-13(2)15-6-4-3-5-7-15/h3-10,13,18H,11H2,1-2H3. The molecular formula is C16H18FN. The van der Waals surface area contributed by atoms with E-state index >= 15 is 0 Å². The third-order valence-electron chi connectivity index (χ3n) is 3.13. The Hall–Kier alpha value is -1.67. The van der Waals surface area contributed by atoms with Crippen molar-refractivity contribution in [3.63, 3.8) is 0 Å². The van der Waals surface area contributed by atoms with Crippen LogP contribution in [0.15, 0.2) is 48.5 Å². The zero-order chi connectivity index (χ0) is 13.0. The molecule has 0 amide bonds. The van der Waals surface area contributed by atoms with E-state index in [1.165, 1.54) is 11.6 Å². The van der Waals surface area contributed by atoms with E-state index in [0.29, 0.717) is 5.56 Å². The van der Waals surface area contributed by atoms with Crippen LogP contribution in [0.4, 0.5) is 4.39 Å². The van der Waals surface area contributed by atoms with Crippen LogP contribution >= 0.6 is 0 Å². The molecule has 1 N–H and O–H groups in total. The number of benzene rings is 2. The summed E-state index contributed by atoms with van der Waals surface area (Å²) in [6.07, 6.45) is 0. The van der Waals surface area contributed by atoms with Crippen molar-refractivity contribution in [2.24, 2.45) is 0 Å². The first-order chi connectivity index (χ1) is 8.66. The first kappa shape index (κ1) is 12.8. The largest absolute Gasteiger partial charge is 0.306 e. The van der Waals surface area contributed by atoms with Gasteiger partial charge in [0.15, 0.2) is 0 Å². The maximum absolute atomic E-state index is 13.1. The van der Waals surface area contributed by atoms with Gasteiger partial charge in [0.05, 0.1) is 0 Å². The second-order valence-corrected chi connectivity index (χ2v) is 4.60. The molecule has 0 spiro atoms. The molecule has 1 nitrogen and oxygen atoms in total. The minimum Gasteiger partial charge on any atom is -0.306 e. The molecule has 0 aliphatic carbocycles. The Morgan fingerprint density at radius 1 is 1.11 bits per heavy atom. The van der Waals surface area contributed by atoms with Crippen molar-refractivity contribution < 1.29 is 4.39 Å². The van der Waals surface area contributed by atoms with Gasteiger partial charge < -0.3 is 5.32 Å². The zero-order valence-corrected chi connectivity index (χ0v) is 10.8. The topological polar surface area (TPSA) is 12.0 Å². The average molecular weight is 243 g/mol. The summed E-state index contributed by atoms with van der Waals surface area (Å²) in [5.41, 5.74) is 3.06. The fourth-order valence-corrected chi connectivity index (χ4v) is 1.95. The number of nitrogens with one attached hydrogen (secondary N) is 1. The van der Waals surface area contributed by atoms with Crippen molar-refractivity contribution in [2.75, 3.05) is 0 Å². The minimum absolute atomic E-state index is 0.144. The number of halogens is 1. The molecule has 2 rings (SSSR count). The van der Waals surface area contributed by atoms with E-state index in [2.05, 4.69) is 24.4 Å². The zero-order valence-electron chi connectivity index (χ0n) is 10.8. The van der Waals surface area contributed by atoms with Gasteiger partial charge in [0.2, 0.25) is 0 Å². The summed E-state index contributed by atoms with van der Waals surface area (Å²) in [5.74, 6) is -0.144. The van der Waals surface area contributed by atoms with Crippen LogP contribution in [0.25, 0.3) is 0 Å². The van der Waals surface area contributed by atoms with E-state index in [1.807, 2.05) is 30.3 Å². The van der Waals surface area contributed by atoms with Crippen LogP contribution in [-0.4, -0.2) is 0 Å². The van der Waals surface area contributed by atoms with Gasteiger partial charge in [-0.1, -0.05) is 42.5 Å². The molecule has 0 aromatic heterocycles. The molecule has 0 heterocycles. The monoisotopic (exact) mass is 243 g/mol. The Bertz CT molecular complexity index is 508. The lowest BCUT2D eigenvalue weighted by Crippen LogP contribution is -2.18. The predicted molar refractivity (Wildman–Crippen MR) is 72.8 cm³/mol. The van der Waals surface area contributed by atoms with Gasteiger partial charge in [0.25, 0.3) is 0 Å². The summed E-state index contributed by atoms with van der Waals surface area (Å²) in [7, 11) is 0. The lowest BCUT2D eigenvalue weighted by atomic mass is 10.1. The van der Waals surface area contributed by atoms with Crippen molar-refractivity contribution >= 4 is 0 Å². The molecule has 0 saturated carbocycles. The van der Waals surface area contributed by atoms with E-state index in [1.54, 1.807) is 6.92 Å². The van der Waals surface area contributed by atoms with Crippen molar-refractivity contribution in [3.05, 3.63) is 71.0 Å². The fraction of sp³-hybridized carbons (Fsp3) is 0.250. The van der Waals surface area contributed by atoms with E-state index in [0.717, 1.165) is 12.1 Å². The number of aryl methyl sites for hydroxylation is 1. The highest BCUT2D eigenvalue weighted by molar-refractivity contribution is 5.24. The average Bonchev–Trinajstić information content (AvgIpc) is 2.41. The summed E-state index contributed by atoms with van der Waals surface area (Å²) in [6, 6.07) is 15.8. The predicted octanol–water partition coefficient (Wildman–Crippen LogP) is 3.98. The van der Waals surface area contributed by atoms with Crippen molar-refractivity contribution in [2.45, 2.75) is 26.4 Å². The highest BCUT2D eigenvalue weighted by Gasteiger charge is 2.04. The Balaban J connectivity index is 1.97. The van der Waals surface area contributed by atoms with Gasteiger partial charge in [-0.3, -0.25) is 0 Å². The molecule has 0 bridgehead atoms. The molecule has 0 aliphatic rings. The first-order valence-corrected chi connectivity index (χ1v) is 6.20. The Morgan fingerprint density at radius 2 is 1.83 bits per heavy atom. The van der Waals surface area contributed by atoms with Crippen LogP contribution in [0, 0.1) is 12.7 Å². The van der Waals surface area contributed by atoms with Gasteiger partial charge in [-0.2, -0.15) is 0 Å². The molecule has 1 unspecified atom stereocenters. The van der Waals surface area contributed by atoms with Gasteiger partial charge in [-0.15, -0.1) is 0 Å². The van der Waals surface area contributed by atoms with Gasteiger partial charge in [-0.25, -0.2) is 4.39 Å². The van der Waals surface area contributed by atoms with Crippen molar-refractivity contribution in [1.82, 2.24) is 5.32 Å². The Labute approximate surface area is 108 Å². The van der Waals surface area contributed by atoms with E-state index < -0.39 is 0 Å². The molecular weight excluding hydrogens is 225 g/mol. The van der Waals surface area contributed by atoms with Crippen LogP contribution in [0.5, 0.6) is 0 Å². The molecule has 18 heavy (non-hydrogen) atoms. The molecule has 2 aromatic rings. The SMILES string of the molecule is Cc1cc(CNC(C)c2ccccc2)ccc1F. The summed E-state index contributed by atoms with van der Waals surface area (Å²) in [5, 5.41) is 3.44. The molecule has 1 atom stereocenters. The molecule has 0 saturated heterocycles. The number of hydrogen-bond acceptors (Lipinski definition) is 1. The smallest absolute Gasteiger partial charge is 0.126 e. The molecule has 0 aliphatic heterocycles. The fourth-order valence-electron chi connectivity index (χ4n) is 1.95.